The number of hydrogen-bond acceptors (Lipinski definition) is 6. The highest BCUT2D eigenvalue weighted by molar-refractivity contribution is 6.20. The number of fused-ring (bicyclic) bond motifs is 8. The molecule has 294 valence electrons. The Balaban J connectivity index is 0.828. The van der Waals surface area contributed by atoms with Gasteiger partial charge in [0.15, 0.2) is 0 Å². The van der Waals surface area contributed by atoms with Crippen LogP contribution in [0.25, 0.3) is 32.7 Å². The van der Waals surface area contributed by atoms with Crippen molar-refractivity contribution in [2.24, 2.45) is 5.92 Å². The van der Waals surface area contributed by atoms with Gasteiger partial charge in [0.05, 0.1) is 34.1 Å². The lowest BCUT2D eigenvalue weighted by atomic mass is 9.96. The van der Waals surface area contributed by atoms with Crippen molar-refractivity contribution in [2.45, 2.75) is 31.7 Å². The van der Waals surface area contributed by atoms with Crippen LogP contribution in [0.3, 0.4) is 0 Å². The minimum atomic E-state index is -0.453. The lowest BCUT2D eigenvalue weighted by molar-refractivity contribution is -0.115. The minimum absolute atomic E-state index is 0.0671. The van der Waals surface area contributed by atoms with Gasteiger partial charge >= 0.3 is 6.03 Å². The quantitative estimate of drug-likeness (QED) is 0.0804. The number of aromatic nitrogens is 3. The van der Waals surface area contributed by atoms with E-state index >= 15 is 0 Å². The molecule has 10 rings (SSSR count). The standard InChI is InChI=1S/C43H38Cl2N8O5/c1-19-15-46-39-33(54)11-31-37(35(19)39)23(13-44)17-52(31)41(56)29-9-21-7-25(3-5-27(21)50-29)48-43(58)49-26-4-6-28-22(8-26)10-30(51-28)42(57)53-18-24(14-45)38-32(53)12-34(55)40-36(38)20(2)16-47-40/h3-12,15-16,21,23-24,27,46-47,50-51,54-55H,13-14,17-18H2,1-2H3,(H2,48,49,58). The fourth-order valence-corrected chi connectivity index (χ4v) is 9.74. The van der Waals surface area contributed by atoms with Gasteiger partial charge in [0, 0.05) is 100 Å². The predicted molar refractivity (Wildman–Crippen MR) is 227 cm³/mol. The molecule has 0 fully saturated rings. The smallest absolute Gasteiger partial charge is 0.323 e. The van der Waals surface area contributed by atoms with Gasteiger partial charge in [-0.2, -0.15) is 0 Å². The van der Waals surface area contributed by atoms with Gasteiger partial charge in [0.25, 0.3) is 11.8 Å². The minimum Gasteiger partial charge on any atom is -0.506 e. The van der Waals surface area contributed by atoms with Crippen LogP contribution in [0.15, 0.2) is 84.5 Å². The van der Waals surface area contributed by atoms with E-state index in [2.05, 4.69) is 30.9 Å². The molecule has 6 heterocycles. The second-order valence-electron chi connectivity index (χ2n) is 15.5. The molecule has 15 heteroatoms. The normalized spacial score (nSPS) is 20.6. The summed E-state index contributed by atoms with van der Waals surface area (Å²) in [4.78, 5) is 54.0. The van der Waals surface area contributed by atoms with Crippen molar-refractivity contribution in [3.05, 3.63) is 112 Å². The molecule has 0 radical (unpaired) electrons. The fourth-order valence-electron chi connectivity index (χ4n) is 9.23. The van der Waals surface area contributed by atoms with E-state index in [1.165, 1.54) is 0 Å². The third-order valence-corrected chi connectivity index (χ3v) is 12.7. The van der Waals surface area contributed by atoms with Gasteiger partial charge in [0.1, 0.15) is 17.2 Å². The summed E-state index contributed by atoms with van der Waals surface area (Å²) >= 11 is 12.8. The van der Waals surface area contributed by atoms with Crippen LogP contribution in [0.5, 0.6) is 11.5 Å². The highest BCUT2D eigenvalue weighted by Gasteiger charge is 2.40. The van der Waals surface area contributed by atoms with Crippen molar-refractivity contribution in [3.8, 4) is 11.5 Å². The number of aryl methyl sites for hydroxylation is 2. The van der Waals surface area contributed by atoms with Gasteiger partial charge in [-0.1, -0.05) is 12.2 Å². The second kappa shape index (κ2) is 13.4. The molecule has 13 nitrogen and oxygen atoms in total. The molecule has 0 spiro atoms. The number of aromatic amines is 3. The number of phenols is 2. The number of nitrogens with zero attached hydrogens (tertiary/aromatic N) is 2. The highest BCUT2D eigenvalue weighted by Crippen LogP contribution is 2.48. The second-order valence-corrected chi connectivity index (χ2v) is 16.1. The number of allylic oxidation sites excluding steroid dienone is 1. The van der Waals surface area contributed by atoms with Gasteiger partial charge < -0.3 is 50.9 Å². The Morgan fingerprint density at radius 2 is 1.43 bits per heavy atom. The molecule has 8 N–H and O–H groups in total. The maximum atomic E-state index is 14.0. The number of benzene rings is 3. The number of anilines is 3. The maximum Gasteiger partial charge on any atom is 0.323 e. The monoisotopic (exact) mass is 816 g/mol. The number of phenolic OH excluding ortho intramolecular Hbond substituents is 2. The first-order chi connectivity index (χ1) is 28.0. The van der Waals surface area contributed by atoms with Crippen molar-refractivity contribution < 1.29 is 24.6 Å². The maximum absolute atomic E-state index is 14.0. The molecular formula is C43H38Cl2N8O5. The number of halogens is 2. The van der Waals surface area contributed by atoms with Crippen LogP contribution in [-0.4, -0.2) is 73.9 Å². The van der Waals surface area contributed by atoms with E-state index in [4.69, 9.17) is 23.2 Å². The average molecular weight is 818 g/mol. The zero-order valence-corrected chi connectivity index (χ0v) is 32.8. The first-order valence-corrected chi connectivity index (χ1v) is 20.1. The van der Waals surface area contributed by atoms with Crippen molar-refractivity contribution in [1.29, 1.82) is 0 Å². The molecule has 4 amide bonds. The number of carbonyl (C=O) groups excluding carboxylic acids is 3. The number of nitrogens with one attached hydrogen (secondary N) is 6. The Morgan fingerprint density at radius 3 is 2.05 bits per heavy atom. The van der Waals surface area contributed by atoms with Gasteiger partial charge in [0.2, 0.25) is 0 Å². The number of urea groups is 1. The third-order valence-electron chi connectivity index (χ3n) is 11.9. The molecule has 1 aliphatic carbocycles. The van der Waals surface area contributed by atoms with Crippen LogP contribution >= 0.6 is 23.2 Å². The Bertz CT molecular complexity index is 2870. The summed E-state index contributed by atoms with van der Waals surface area (Å²) in [5.74, 6) is -0.0566. The lowest BCUT2D eigenvalue weighted by Gasteiger charge is -2.21. The molecular weight excluding hydrogens is 779 g/mol. The molecule has 6 aromatic rings. The molecule has 4 atom stereocenters. The van der Waals surface area contributed by atoms with Crippen LogP contribution in [0.2, 0.25) is 0 Å². The zero-order valence-electron chi connectivity index (χ0n) is 31.3. The van der Waals surface area contributed by atoms with Gasteiger partial charge in [-0.15, -0.1) is 23.2 Å². The molecule has 3 aromatic carbocycles. The van der Waals surface area contributed by atoms with Crippen LogP contribution in [0.1, 0.15) is 44.6 Å². The van der Waals surface area contributed by atoms with E-state index in [-0.39, 0.29) is 47.1 Å². The molecule has 58 heavy (non-hydrogen) atoms. The molecule has 0 saturated carbocycles. The number of hydrogen-bond donors (Lipinski definition) is 8. The van der Waals surface area contributed by atoms with Crippen molar-refractivity contribution >= 4 is 90.8 Å². The van der Waals surface area contributed by atoms with E-state index in [9.17, 15) is 24.6 Å². The Morgan fingerprint density at radius 1 is 0.810 bits per heavy atom. The Labute approximate surface area is 341 Å². The number of rotatable bonds is 6. The van der Waals surface area contributed by atoms with Crippen LogP contribution in [0, 0.1) is 19.8 Å². The fraction of sp³-hybridized carbons (Fsp3) is 0.233. The van der Waals surface area contributed by atoms with Crippen LogP contribution in [0.4, 0.5) is 21.9 Å². The highest BCUT2D eigenvalue weighted by atomic mass is 35.5. The topological polar surface area (TPSA) is 182 Å². The number of alkyl halides is 2. The predicted octanol–water partition coefficient (Wildman–Crippen LogP) is 7.56. The summed E-state index contributed by atoms with van der Waals surface area (Å²) < 4.78 is 0. The summed E-state index contributed by atoms with van der Waals surface area (Å²) in [6.45, 7) is 4.70. The molecule has 4 aliphatic rings. The Hall–Kier alpha value is -6.31. The lowest BCUT2D eigenvalue weighted by Crippen LogP contribution is -2.37. The SMILES string of the molecule is Cc1c[nH]c2c(O)cc3c(c12)C(CCl)CN3C(=O)C1=CC2C=C(NC(=O)Nc3ccc4[nH]c(C(=O)N5CC(CCl)c6c5cc(O)c5[nH]cc(C)c65)cc4c3)C=CC2N1. The summed E-state index contributed by atoms with van der Waals surface area (Å²) in [7, 11) is 0. The molecule has 4 unspecified atom stereocenters. The Kier molecular flexibility index (Phi) is 8.32. The van der Waals surface area contributed by atoms with E-state index in [1.807, 2.05) is 44.5 Å². The molecule has 3 aliphatic heterocycles. The van der Waals surface area contributed by atoms with E-state index < -0.39 is 6.03 Å². The van der Waals surface area contributed by atoms with Gasteiger partial charge in [-0.3, -0.25) is 9.59 Å². The summed E-state index contributed by atoms with van der Waals surface area (Å²) in [5.41, 5.74) is 9.02. The van der Waals surface area contributed by atoms with Gasteiger partial charge in [-0.05, 0) is 72.5 Å². The van der Waals surface area contributed by atoms with E-state index in [1.54, 1.807) is 52.3 Å². The summed E-state index contributed by atoms with van der Waals surface area (Å²) in [6.07, 6.45) is 11.2. The first-order valence-electron chi connectivity index (χ1n) is 19.0. The molecule has 0 bridgehead atoms. The van der Waals surface area contributed by atoms with Crippen molar-refractivity contribution in [1.82, 2.24) is 25.6 Å². The molecule has 0 saturated heterocycles. The number of carbonyl (C=O) groups is 3. The summed E-state index contributed by atoms with van der Waals surface area (Å²) in [6, 6.07) is 9.72. The van der Waals surface area contributed by atoms with Gasteiger partial charge in [-0.25, -0.2) is 4.79 Å². The molecule has 3 aromatic heterocycles. The van der Waals surface area contributed by atoms with Crippen molar-refractivity contribution in [3.63, 3.8) is 0 Å². The van der Waals surface area contributed by atoms with Crippen LogP contribution in [-0.2, 0) is 4.79 Å². The van der Waals surface area contributed by atoms with E-state index in [0.29, 0.717) is 70.0 Å². The zero-order chi connectivity index (χ0) is 40.1. The third kappa shape index (κ3) is 5.55. The van der Waals surface area contributed by atoms with Crippen molar-refractivity contribution in [2.75, 3.05) is 40.0 Å². The number of amides is 4. The number of aromatic hydroxyl groups is 2. The van der Waals surface area contributed by atoms with Crippen LogP contribution < -0.4 is 25.8 Å². The van der Waals surface area contributed by atoms with E-state index in [0.717, 1.165) is 43.9 Å². The average Bonchev–Trinajstić information content (AvgIpc) is 4.06. The summed E-state index contributed by atoms with van der Waals surface area (Å²) in [5, 5.41) is 33.2. The first kappa shape index (κ1) is 36.1. The largest absolute Gasteiger partial charge is 0.506 e. The number of H-pyrrole nitrogens is 3.